The minimum Gasteiger partial charge on any atom is -0.485 e. The maximum absolute atomic E-state index is 11.9. The van der Waals surface area contributed by atoms with Gasteiger partial charge in [0.05, 0.1) is 0 Å². The molecular formula is C16H14O4. The van der Waals surface area contributed by atoms with Crippen LogP contribution in [-0.4, -0.2) is 18.4 Å². The Balaban J connectivity index is 1.94. The van der Waals surface area contributed by atoms with Crippen LogP contribution in [0.25, 0.3) is 0 Å². The van der Waals surface area contributed by atoms with Crippen LogP contribution in [0.3, 0.4) is 0 Å². The van der Waals surface area contributed by atoms with Crippen molar-refractivity contribution < 1.29 is 19.1 Å². The molecule has 2 aromatic rings. The number of hydrogen-bond donors (Lipinski definition) is 0. The molecule has 4 heteroatoms. The van der Waals surface area contributed by atoms with Crippen molar-refractivity contribution in [3.05, 3.63) is 60.2 Å². The molecule has 0 unspecified atom stereocenters. The molecule has 0 aliphatic heterocycles. The highest BCUT2D eigenvalue weighted by Crippen LogP contribution is 2.14. The molecule has 2 aromatic carbocycles. The van der Waals surface area contributed by atoms with Crippen LogP contribution in [0.2, 0.25) is 0 Å². The number of carbonyl (C=O) groups excluding carboxylic acids is 2. The second-order valence-electron chi connectivity index (χ2n) is 4.14. The molecule has 2 rings (SSSR count). The third kappa shape index (κ3) is 3.95. The third-order valence-electron chi connectivity index (χ3n) is 2.55. The molecule has 0 aliphatic carbocycles. The fourth-order valence-electron chi connectivity index (χ4n) is 1.62. The van der Waals surface area contributed by atoms with Gasteiger partial charge < -0.3 is 9.47 Å². The van der Waals surface area contributed by atoms with Crippen LogP contribution in [0.5, 0.6) is 11.5 Å². The summed E-state index contributed by atoms with van der Waals surface area (Å²) in [5, 5.41) is 0. The summed E-state index contributed by atoms with van der Waals surface area (Å²) in [6, 6.07) is 15.5. The van der Waals surface area contributed by atoms with Gasteiger partial charge in [-0.15, -0.1) is 0 Å². The molecule has 0 atom stereocenters. The molecule has 0 aromatic heterocycles. The predicted octanol–water partition coefficient (Wildman–Crippen LogP) is 2.87. The molecule has 0 fully saturated rings. The van der Waals surface area contributed by atoms with E-state index in [1.54, 1.807) is 36.4 Å². The standard InChI is InChI=1S/C16H14O4/c1-12(17)20-15-9-7-13(8-10-15)16(18)11-19-14-5-3-2-4-6-14/h2-10H,11H2,1H3. The monoisotopic (exact) mass is 270 g/mol. The molecule has 20 heavy (non-hydrogen) atoms. The second kappa shape index (κ2) is 6.52. The van der Waals surface area contributed by atoms with E-state index in [1.807, 2.05) is 18.2 Å². The summed E-state index contributed by atoms with van der Waals surface area (Å²) in [6.07, 6.45) is 0. The molecule has 0 heterocycles. The summed E-state index contributed by atoms with van der Waals surface area (Å²) >= 11 is 0. The van der Waals surface area contributed by atoms with Crippen molar-refractivity contribution in [2.45, 2.75) is 6.92 Å². The van der Waals surface area contributed by atoms with Gasteiger partial charge >= 0.3 is 5.97 Å². The molecule has 0 spiro atoms. The lowest BCUT2D eigenvalue weighted by Gasteiger charge is -2.06. The van der Waals surface area contributed by atoms with Gasteiger partial charge in [0.2, 0.25) is 0 Å². The van der Waals surface area contributed by atoms with Crippen LogP contribution >= 0.6 is 0 Å². The first-order valence-electron chi connectivity index (χ1n) is 6.14. The fraction of sp³-hybridized carbons (Fsp3) is 0.125. The predicted molar refractivity (Wildman–Crippen MR) is 74.0 cm³/mol. The molecule has 102 valence electrons. The van der Waals surface area contributed by atoms with Gasteiger partial charge in [0.15, 0.2) is 12.4 Å². The lowest BCUT2D eigenvalue weighted by molar-refractivity contribution is -0.131. The van der Waals surface area contributed by atoms with E-state index in [0.717, 1.165) is 0 Å². The van der Waals surface area contributed by atoms with Crippen molar-refractivity contribution in [1.29, 1.82) is 0 Å². The maximum atomic E-state index is 11.9. The summed E-state index contributed by atoms with van der Waals surface area (Å²) in [5.41, 5.74) is 0.511. The average Bonchev–Trinajstić information content (AvgIpc) is 2.46. The fourth-order valence-corrected chi connectivity index (χ4v) is 1.62. The zero-order chi connectivity index (χ0) is 14.4. The van der Waals surface area contributed by atoms with E-state index >= 15 is 0 Å². The van der Waals surface area contributed by atoms with E-state index in [1.165, 1.54) is 6.92 Å². The Morgan fingerprint density at radius 3 is 2.15 bits per heavy atom. The second-order valence-corrected chi connectivity index (χ2v) is 4.14. The highest BCUT2D eigenvalue weighted by Gasteiger charge is 2.07. The Kier molecular flexibility index (Phi) is 4.50. The average molecular weight is 270 g/mol. The van der Waals surface area contributed by atoms with Gasteiger partial charge in [0.1, 0.15) is 11.5 Å². The van der Waals surface area contributed by atoms with Gasteiger partial charge in [0.25, 0.3) is 0 Å². The number of hydrogen-bond acceptors (Lipinski definition) is 4. The minimum absolute atomic E-state index is 0.0308. The van der Waals surface area contributed by atoms with Gasteiger partial charge in [0, 0.05) is 12.5 Å². The van der Waals surface area contributed by atoms with Crippen molar-refractivity contribution >= 4 is 11.8 Å². The Morgan fingerprint density at radius 1 is 0.900 bits per heavy atom. The van der Waals surface area contributed by atoms with E-state index in [9.17, 15) is 9.59 Å². The number of ketones is 1. The molecule has 0 radical (unpaired) electrons. The zero-order valence-corrected chi connectivity index (χ0v) is 11.0. The van der Waals surface area contributed by atoms with E-state index in [0.29, 0.717) is 17.1 Å². The van der Waals surface area contributed by atoms with Gasteiger partial charge in [-0.1, -0.05) is 18.2 Å². The molecular weight excluding hydrogens is 256 g/mol. The molecule has 0 bridgehead atoms. The first-order chi connectivity index (χ1) is 9.65. The first-order valence-corrected chi connectivity index (χ1v) is 6.14. The quantitative estimate of drug-likeness (QED) is 0.476. The summed E-state index contributed by atoms with van der Waals surface area (Å²) in [5.74, 6) is 0.537. The van der Waals surface area contributed by atoms with Crippen molar-refractivity contribution in [3.63, 3.8) is 0 Å². The maximum Gasteiger partial charge on any atom is 0.308 e. The van der Waals surface area contributed by atoms with E-state index in [4.69, 9.17) is 9.47 Å². The molecule has 0 aliphatic rings. The lowest BCUT2D eigenvalue weighted by atomic mass is 10.1. The number of carbonyl (C=O) groups is 2. The summed E-state index contributed by atoms with van der Waals surface area (Å²) < 4.78 is 10.3. The lowest BCUT2D eigenvalue weighted by Crippen LogP contribution is -2.11. The summed E-state index contributed by atoms with van der Waals surface area (Å²) in [6.45, 7) is 1.30. The largest absolute Gasteiger partial charge is 0.485 e. The smallest absolute Gasteiger partial charge is 0.308 e. The van der Waals surface area contributed by atoms with Gasteiger partial charge in [-0.05, 0) is 36.4 Å². The van der Waals surface area contributed by atoms with Crippen molar-refractivity contribution in [3.8, 4) is 11.5 Å². The van der Waals surface area contributed by atoms with Crippen molar-refractivity contribution in [2.75, 3.05) is 6.61 Å². The first kappa shape index (κ1) is 13.8. The molecule has 0 N–H and O–H groups in total. The van der Waals surface area contributed by atoms with Gasteiger partial charge in [-0.25, -0.2) is 0 Å². The number of para-hydroxylation sites is 1. The van der Waals surface area contributed by atoms with Crippen molar-refractivity contribution in [2.24, 2.45) is 0 Å². The SMILES string of the molecule is CC(=O)Oc1ccc(C(=O)COc2ccccc2)cc1. The molecule has 4 nitrogen and oxygen atoms in total. The Morgan fingerprint density at radius 2 is 1.55 bits per heavy atom. The van der Waals surface area contributed by atoms with Crippen LogP contribution in [0.4, 0.5) is 0 Å². The highest BCUT2D eigenvalue weighted by atomic mass is 16.5. The zero-order valence-electron chi connectivity index (χ0n) is 11.0. The number of benzene rings is 2. The Labute approximate surface area is 116 Å². The van der Waals surface area contributed by atoms with E-state index < -0.39 is 5.97 Å². The van der Waals surface area contributed by atoms with Crippen LogP contribution in [-0.2, 0) is 4.79 Å². The number of Topliss-reactive ketones (excluding diaryl/α,β-unsaturated/α-hetero) is 1. The topological polar surface area (TPSA) is 52.6 Å². The molecule has 0 saturated carbocycles. The van der Waals surface area contributed by atoms with E-state index in [2.05, 4.69) is 0 Å². The van der Waals surface area contributed by atoms with Crippen LogP contribution in [0.1, 0.15) is 17.3 Å². The van der Waals surface area contributed by atoms with Crippen LogP contribution in [0, 0.1) is 0 Å². The number of esters is 1. The minimum atomic E-state index is -0.392. The van der Waals surface area contributed by atoms with E-state index in [-0.39, 0.29) is 12.4 Å². The van der Waals surface area contributed by atoms with Gasteiger partial charge in [-0.3, -0.25) is 9.59 Å². The van der Waals surface area contributed by atoms with Crippen LogP contribution < -0.4 is 9.47 Å². The third-order valence-corrected chi connectivity index (χ3v) is 2.55. The van der Waals surface area contributed by atoms with Crippen LogP contribution in [0.15, 0.2) is 54.6 Å². The molecule has 0 saturated heterocycles. The Bertz CT molecular complexity index is 588. The summed E-state index contributed by atoms with van der Waals surface area (Å²) in [4.78, 5) is 22.7. The Hall–Kier alpha value is -2.62. The summed E-state index contributed by atoms with van der Waals surface area (Å²) in [7, 11) is 0. The number of rotatable bonds is 5. The molecule has 0 amide bonds. The van der Waals surface area contributed by atoms with Crippen molar-refractivity contribution in [1.82, 2.24) is 0 Å². The normalized spacial score (nSPS) is 9.85. The number of ether oxygens (including phenoxy) is 2. The van der Waals surface area contributed by atoms with Gasteiger partial charge in [-0.2, -0.15) is 0 Å². The highest BCUT2D eigenvalue weighted by molar-refractivity contribution is 5.97.